The number of alkyl halides is 1. The molecule has 0 aliphatic carbocycles. The number of allylic oxidation sites excluding steroid dienone is 1. The van der Waals surface area contributed by atoms with E-state index in [1.807, 2.05) is 18.2 Å². The molecule has 3 N–H and O–H groups in total. The molecule has 1 atom stereocenters. The van der Waals surface area contributed by atoms with Crippen LogP contribution in [0.4, 0.5) is 21.5 Å². The first-order chi connectivity index (χ1) is 29.3. The van der Waals surface area contributed by atoms with Crippen molar-refractivity contribution in [2.24, 2.45) is 5.92 Å². The number of nitrogens with zero attached hydrogens (tertiary/aromatic N) is 9. The molecular formula is C43H47FN12O4. The number of halogens is 1. The number of aromatic nitrogens is 6. The van der Waals surface area contributed by atoms with Crippen LogP contribution in [0.25, 0.3) is 16.6 Å². The summed E-state index contributed by atoms with van der Waals surface area (Å²) in [6.45, 7) is 5.98. The van der Waals surface area contributed by atoms with Gasteiger partial charge in [0.25, 0.3) is 11.8 Å². The second-order valence-corrected chi connectivity index (χ2v) is 16.3. The summed E-state index contributed by atoms with van der Waals surface area (Å²) in [6.07, 6.45) is 12.1. The molecule has 4 aliphatic heterocycles. The van der Waals surface area contributed by atoms with Crippen molar-refractivity contribution in [3.8, 4) is 0 Å². The average Bonchev–Trinajstić information content (AvgIpc) is 3.95. The topological polar surface area (TPSA) is 175 Å². The molecule has 4 aromatic heterocycles. The van der Waals surface area contributed by atoms with Gasteiger partial charge in [-0.1, -0.05) is 0 Å². The van der Waals surface area contributed by atoms with Gasteiger partial charge in [-0.25, -0.2) is 19.0 Å². The van der Waals surface area contributed by atoms with Crippen LogP contribution in [0, 0.1) is 5.92 Å². The molecular weight excluding hydrogens is 768 g/mol. The second-order valence-electron chi connectivity index (χ2n) is 16.3. The second kappa shape index (κ2) is 17.1. The van der Waals surface area contributed by atoms with Crippen LogP contribution in [-0.4, -0.2) is 116 Å². The Hall–Kier alpha value is -6.41. The fourth-order valence-electron chi connectivity index (χ4n) is 9.04. The quantitative estimate of drug-likeness (QED) is 0.182. The minimum atomic E-state index is -0.820. The van der Waals surface area contributed by atoms with E-state index in [1.165, 1.54) is 0 Å². The molecule has 4 fully saturated rings. The predicted octanol–water partition coefficient (Wildman–Crippen LogP) is 4.13. The van der Waals surface area contributed by atoms with Gasteiger partial charge in [-0.2, -0.15) is 5.10 Å². The van der Waals surface area contributed by atoms with Crippen molar-refractivity contribution in [1.29, 1.82) is 0 Å². The predicted molar refractivity (Wildman–Crippen MR) is 223 cm³/mol. The average molecular weight is 815 g/mol. The van der Waals surface area contributed by atoms with Crippen molar-refractivity contribution >= 4 is 57.3 Å². The lowest BCUT2D eigenvalue weighted by Gasteiger charge is -2.38. The maximum absolute atomic E-state index is 14.2. The first-order valence-corrected chi connectivity index (χ1v) is 20.8. The Morgan fingerprint density at radius 1 is 0.900 bits per heavy atom. The summed E-state index contributed by atoms with van der Waals surface area (Å²) in [6, 6.07) is 10.9. The van der Waals surface area contributed by atoms with Gasteiger partial charge in [0.1, 0.15) is 41.5 Å². The highest BCUT2D eigenvalue weighted by Crippen LogP contribution is 2.35. The Bertz CT molecular complexity index is 2480. The SMILES string of the molecule is O=C=C1CC[C@H](NC(=O)c2ccc(N3CCC(CN4CCC(n5cc6cc(NC(=O)c7cccn8cnnc78)c(N7CCC(F)CC7)cc6n5)CC4)CC3)cn2)C(=C=O)N1. The monoisotopic (exact) mass is 814 g/mol. The zero-order valence-corrected chi connectivity index (χ0v) is 33.2. The van der Waals surface area contributed by atoms with Gasteiger partial charge in [-0.3, -0.25) is 18.7 Å². The van der Waals surface area contributed by atoms with E-state index in [4.69, 9.17) is 5.10 Å². The third-order valence-electron chi connectivity index (χ3n) is 12.5. The largest absolute Gasteiger partial charge is 0.370 e. The first-order valence-electron chi connectivity index (χ1n) is 20.8. The van der Waals surface area contributed by atoms with Gasteiger partial charge in [0.05, 0.1) is 46.4 Å². The van der Waals surface area contributed by atoms with Gasteiger partial charge in [0, 0.05) is 70.0 Å². The highest BCUT2D eigenvalue weighted by molar-refractivity contribution is 6.10. The van der Waals surface area contributed by atoms with Crippen molar-refractivity contribution in [1.82, 2.24) is 44.9 Å². The lowest BCUT2D eigenvalue weighted by atomic mass is 9.94. The zero-order valence-electron chi connectivity index (χ0n) is 33.2. The van der Waals surface area contributed by atoms with Crippen LogP contribution in [0.1, 0.15) is 78.3 Å². The summed E-state index contributed by atoms with van der Waals surface area (Å²) in [5, 5.41) is 22.7. The summed E-state index contributed by atoms with van der Waals surface area (Å²) >= 11 is 0. The van der Waals surface area contributed by atoms with Crippen molar-refractivity contribution in [2.45, 2.75) is 69.6 Å². The van der Waals surface area contributed by atoms with Gasteiger partial charge in [-0.15, -0.1) is 10.2 Å². The number of nitrogens with one attached hydrogen (secondary N) is 3. The standard InChI is InChI=1S/C43H47FN12O4/c44-30-9-18-54(19-10-30)40-21-37-29(20-38(40)49-42(59)34-2-1-13-55-27-46-50-41(34)55)24-56(51-37)32-11-14-52(15-12-32)23-28-7-16-53(17-8-28)33-4-6-36(45-22-33)43(60)48-35-5-3-31(25-57)47-39(35)26-58/h1-2,4,6,13,20-22,24,27-28,30,32,35,47H,3,5,7-12,14-19,23H2,(H,48,60)(H,49,59)/t35-/m0/s1. The molecule has 4 saturated heterocycles. The van der Waals surface area contributed by atoms with Gasteiger partial charge < -0.3 is 30.7 Å². The molecule has 60 heavy (non-hydrogen) atoms. The molecule has 16 nitrogen and oxygen atoms in total. The highest BCUT2D eigenvalue weighted by Gasteiger charge is 2.29. The van der Waals surface area contributed by atoms with E-state index in [9.17, 15) is 23.6 Å². The van der Waals surface area contributed by atoms with Crippen LogP contribution in [0.5, 0.6) is 0 Å². The lowest BCUT2D eigenvalue weighted by Crippen LogP contribution is -2.44. The molecule has 2 amide bonds. The number of likely N-dealkylation sites (tertiary alicyclic amines) is 1. The zero-order chi connectivity index (χ0) is 41.2. The molecule has 0 saturated carbocycles. The number of hydrogen-bond acceptors (Lipinski definition) is 12. The van der Waals surface area contributed by atoms with Crippen LogP contribution in [0.3, 0.4) is 0 Å². The fraction of sp³-hybridized carbons (Fsp3) is 0.442. The number of carbonyl (C=O) groups excluding carboxylic acids is 4. The molecule has 9 rings (SSSR count). The molecule has 0 spiro atoms. The van der Waals surface area contributed by atoms with E-state index in [-0.39, 0.29) is 29.0 Å². The van der Waals surface area contributed by atoms with Crippen molar-refractivity contribution in [2.75, 3.05) is 60.9 Å². The lowest BCUT2D eigenvalue weighted by molar-refractivity contribution is 0.0933. The van der Waals surface area contributed by atoms with Crippen molar-refractivity contribution in [3.05, 3.63) is 84.0 Å². The molecule has 1 aromatic carbocycles. The number of anilines is 3. The summed E-state index contributed by atoms with van der Waals surface area (Å²) < 4.78 is 18.0. The molecule has 17 heteroatoms. The number of rotatable bonds is 9. The molecule has 0 unspecified atom stereocenters. The fourth-order valence-corrected chi connectivity index (χ4v) is 9.04. The number of benzene rings is 1. The Kier molecular flexibility index (Phi) is 11.1. The third kappa shape index (κ3) is 8.24. The number of amides is 2. The Labute approximate surface area is 345 Å². The normalized spacial score (nSPS) is 19.9. The van der Waals surface area contributed by atoms with Crippen LogP contribution >= 0.6 is 0 Å². The van der Waals surface area contributed by atoms with E-state index in [2.05, 4.69) is 56.7 Å². The number of pyridine rings is 2. The van der Waals surface area contributed by atoms with E-state index < -0.39 is 18.1 Å². The number of carbonyl (C=O) groups is 2. The van der Waals surface area contributed by atoms with Gasteiger partial charge in [-0.05, 0) is 87.3 Å². The Morgan fingerprint density at radius 2 is 1.70 bits per heavy atom. The molecule has 4 aliphatic rings. The Morgan fingerprint density at radius 3 is 2.45 bits per heavy atom. The van der Waals surface area contributed by atoms with E-state index in [0.717, 1.165) is 80.7 Å². The van der Waals surface area contributed by atoms with Crippen molar-refractivity contribution < 1.29 is 23.6 Å². The van der Waals surface area contributed by atoms with Crippen LogP contribution in [0.2, 0.25) is 0 Å². The van der Waals surface area contributed by atoms with Crippen molar-refractivity contribution in [3.63, 3.8) is 0 Å². The molecule has 310 valence electrons. The van der Waals surface area contributed by atoms with E-state index >= 15 is 0 Å². The number of piperidine rings is 4. The van der Waals surface area contributed by atoms with Crippen LogP contribution in [0.15, 0.2) is 72.7 Å². The van der Waals surface area contributed by atoms with Gasteiger partial charge in [0.15, 0.2) is 5.65 Å². The molecule has 0 radical (unpaired) electrons. The summed E-state index contributed by atoms with van der Waals surface area (Å²) in [7, 11) is 0. The smallest absolute Gasteiger partial charge is 0.270 e. The minimum Gasteiger partial charge on any atom is -0.370 e. The summed E-state index contributed by atoms with van der Waals surface area (Å²) in [5.41, 5.74) is 4.87. The van der Waals surface area contributed by atoms with E-state index in [0.29, 0.717) is 61.6 Å². The molecule has 0 bridgehead atoms. The van der Waals surface area contributed by atoms with Crippen LogP contribution in [-0.2, 0) is 9.59 Å². The summed E-state index contributed by atoms with van der Waals surface area (Å²) in [5.74, 6) is 3.46. The first kappa shape index (κ1) is 39.1. The highest BCUT2D eigenvalue weighted by atomic mass is 19.1. The number of hydrogen-bond donors (Lipinski definition) is 3. The van der Waals surface area contributed by atoms with Gasteiger partial charge >= 0.3 is 0 Å². The molecule has 8 heterocycles. The molecule has 5 aromatic rings. The minimum absolute atomic E-state index is 0.115. The van der Waals surface area contributed by atoms with Gasteiger partial charge in [0.2, 0.25) is 0 Å². The van der Waals surface area contributed by atoms with E-state index in [1.54, 1.807) is 53.2 Å². The maximum atomic E-state index is 14.2. The maximum Gasteiger partial charge on any atom is 0.270 e. The Balaban J connectivity index is 0.787. The van der Waals surface area contributed by atoms with Crippen LogP contribution < -0.4 is 25.8 Å². The summed E-state index contributed by atoms with van der Waals surface area (Å²) in [4.78, 5) is 60.3. The number of fused-ring (bicyclic) bond motifs is 2. The third-order valence-corrected chi connectivity index (χ3v) is 12.5.